The van der Waals surface area contributed by atoms with Crippen molar-refractivity contribution in [2.45, 2.75) is 46.2 Å². The Hall–Kier alpha value is -3.07. The van der Waals surface area contributed by atoms with Gasteiger partial charge in [0.1, 0.15) is 0 Å². The Balaban J connectivity index is 0.00000176. The first-order valence-electron chi connectivity index (χ1n) is 10.5. The van der Waals surface area contributed by atoms with E-state index in [0.717, 1.165) is 11.1 Å². The maximum atomic E-state index is 12.5. The molecule has 0 amide bonds. The fraction of sp³-hybridized carbons (Fsp3) is 0.391. The first-order chi connectivity index (χ1) is 15.2. The molecule has 1 aromatic carbocycles. The second-order valence-electron chi connectivity index (χ2n) is 7.05. The molecule has 0 aliphatic heterocycles. The molecule has 3 aromatic rings. The van der Waals surface area contributed by atoms with E-state index in [0.29, 0.717) is 35.4 Å². The predicted molar refractivity (Wildman–Crippen MR) is 118 cm³/mol. The monoisotopic (exact) mass is 451 g/mol. The smallest absolute Gasteiger partial charge is 0.390 e. The van der Waals surface area contributed by atoms with Crippen LogP contribution in [0.15, 0.2) is 36.7 Å². The molecule has 0 saturated heterocycles. The molecule has 0 atom stereocenters. The van der Waals surface area contributed by atoms with Crippen LogP contribution >= 0.6 is 0 Å². The van der Waals surface area contributed by atoms with Gasteiger partial charge in [-0.25, -0.2) is 9.78 Å². The van der Waals surface area contributed by atoms with E-state index in [4.69, 9.17) is 5.11 Å². The fourth-order valence-electron chi connectivity index (χ4n) is 3.31. The van der Waals surface area contributed by atoms with Gasteiger partial charge in [-0.3, -0.25) is 4.40 Å². The number of aromatic nitrogens is 2. The lowest BCUT2D eigenvalue weighted by molar-refractivity contribution is -0.131. The second-order valence-corrected chi connectivity index (χ2v) is 7.05. The molecule has 3 N–H and O–H groups in total. The largest absolute Gasteiger partial charge is 0.478 e. The SMILES string of the molecule is CC.Cc1cc(-c2cnc3c(NCCC(F)(F)F)cc(CCCO)cn23)ccc1C(=O)O. The van der Waals surface area contributed by atoms with Crippen molar-refractivity contribution in [1.29, 1.82) is 0 Å². The van der Waals surface area contributed by atoms with E-state index in [2.05, 4.69) is 10.3 Å². The van der Waals surface area contributed by atoms with Crippen LogP contribution in [0, 0.1) is 6.92 Å². The van der Waals surface area contributed by atoms with Gasteiger partial charge in [-0.15, -0.1) is 0 Å². The third kappa shape index (κ3) is 6.23. The highest BCUT2D eigenvalue weighted by Gasteiger charge is 2.26. The van der Waals surface area contributed by atoms with E-state index in [1.54, 1.807) is 35.7 Å². The number of rotatable bonds is 8. The van der Waals surface area contributed by atoms with Gasteiger partial charge in [0.25, 0.3) is 0 Å². The minimum absolute atomic E-state index is 0.00149. The van der Waals surface area contributed by atoms with Gasteiger partial charge in [0.2, 0.25) is 0 Å². The summed E-state index contributed by atoms with van der Waals surface area (Å²) in [6.45, 7) is 5.42. The van der Waals surface area contributed by atoms with Gasteiger partial charge in [-0.2, -0.15) is 13.2 Å². The Morgan fingerprint density at radius 3 is 2.53 bits per heavy atom. The van der Waals surface area contributed by atoms with E-state index in [-0.39, 0.29) is 18.7 Å². The fourth-order valence-corrected chi connectivity index (χ4v) is 3.31. The highest BCUT2D eigenvalue weighted by molar-refractivity contribution is 5.90. The van der Waals surface area contributed by atoms with Gasteiger partial charge >= 0.3 is 12.1 Å². The first-order valence-corrected chi connectivity index (χ1v) is 10.5. The lowest BCUT2D eigenvalue weighted by Crippen LogP contribution is -2.15. The number of hydrogen-bond donors (Lipinski definition) is 3. The van der Waals surface area contributed by atoms with Crippen molar-refractivity contribution in [3.63, 3.8) is 0 Å². The molecule has 9 heteroatoms. The number of hydrogen-bond acceptors (Lipinski definition) is 4. The molecule has 0 saturated carbocycles. The van der Waals surface area contributed by atoms with Crippen LogP contribution in [0.1, 0.15) is 48.2 Å². The summed E-state index contributed by atoms with van der Waals surface area (Å²) in [5, 5.41) is 21.2. The van der Waals surface area contributed by atoms with Crippen molar-refractivity contribution >= 4 is 17.3 Å². The number of carboxylic acids is 1. The van der Waals surface area contributed by atoms with Crippen molar-refractivity contribution in [3.05, 3.63) is 53.3 Å². The highest BCUT2D eigenvalue weighted by Crippen LogP contribution is 2.28. The van der Waals surface area contributed by atoms with Crippen molar-refractivity contribution in [2.75, 3.05) is 18.5 Å². The van der Waals surface area contributed by atoms with Gasteiger partial charge in [0, 0.05) is 24.9 Å². The van der Waals surface area contributed by atoms with Gasteiger partial charge in [-0.05, 0) is 49.1 Å². The average Bonchev–Trinajstić information content (AvgIpc) is 3.16. The minimum atomic E-state index is -4.26. The summed E-state index contributed by atoms with van der Waals surface area (Å²) in [6, 6.07) is 6.68. The van der Waals surface area contributed by atoms with Crippen LogP contribution in [-0.4, -0.2) is 44.9 Å². The molecule has 0 unspecified atom stereocenters. The van der Waals surface area contributed by atoms with Crippen molar-refractivity contribution in [2.24, 2.45) is 0 Å². The first kappa shape index (κ1) is 25.2. The van der Waals surface area contributed by atoms with Gasteiger partial charge in [0.15, 0.2) is 5.65 Å². The molecule has 0 bridgehead atoms. The molecule has 6 nitrogen and oxygen atoms in total. The molecule has 0 fully saturated rings. The molecule has 0 aliphatic carbocycles. The predicted octanol–water partition coefficient (Wildman–Crippen LogP) is 5.32. The number of anilines is 1. The number of aryl methyl sites for hydroxylation is 2. The molecule has 32 heavy (non-hydrogen) atoms. The highest BCUT2D eigenvalue weighted by atomic mass is 19.4. The van der Waals surface area contributed by atoms with Gasteiger partial charge < -0.3 is 15.5 Å². The zero-order valence-electron chi connectivity index (χ0n) is 18.3. The number of pyridine rings is 1. The van der Waals surface area contributed by atoms with Crippen LogP contribution in [0.2, 0.25) is 0 Å². The number of carboxylic acid groups (broad SMARTS) is 1. The molecule has 0 aliphatic rings. The van der Waals surface area contributed by atoms with Crippen LogP contribution in [0.3, 0.4) is 0 Å². The van der Waals surface area contributed by atoms with E-state index in [1.165, 1.54) is 6.07 Å². The molecular weight excluding hydrogens is 423 g/mol. The summed E-state index contributed by atoms with van der Waals surface area (Å²) < 4.78 is 39.4. The number of benzene rings is 1. The molecule has 2 heterocycles. The number of halogens is 3. The Morgan fingerprint density at radius 2 is 1.94 bits per heavy atom. The summed E-state index contributed by atoms with van der Waals surface area (Å²) in [6.07, 6.45) is -0.720. The second kappa shape index (κ2) is 11.0. The number of alkyl halides is 3. The molecule has 174 valence electrons. The molecule has 0 spiro atoms. The zero-order chi connectivity index (χ0) is 23.9. The number of carbonyl (C=O) groups is 1. The normalized spacial score (nSPS) is 11.2. The molecule has 0 radical (unpaired) electrons. The van der Waals surface area contributed by atoms with Crippen LogP contribution in [-0.2, 0) is 6.42 Å². The van der Waals surface area contributed by atoms with Crippen molar-refractivity contribution in [1.82, 2.24) is 9.38 Å². The summed E-state index contributed by atoms with van der Waals surface area (Å²) in [5.74, 6) is -1.01. The van der Waals surface area contributed by atoms with Crippen LogP contribution in [0.25, 0.3) is 16.9 Å². The maximum Gasteiger partial charge on any atom is 0.390 e. The van der Waals surface area contributed by atoms with Gasteiger partial charge in [0.05, 0.1) is 29.6 Å². The number of nitrogens with one attached hydrogen (secondary N) is 1. The number of aliphatic hydroxyl groups is 1. The van der Waals surface area contributed by atoms with Crippen molar-refractivity contribution < 1.29 is 28.2 Å². The lowest BCUT2D eigenvalue weighted by atomic mass is 10.0. The summed E-state index contributed by atoms with van der Waals surface area (Å²) >= 11 is 0. The third-order valence-corrected chi connectivity index (χ3v) is 4.76. The standard InChI is InChI=1S/C21H22F3N3O3.C2H6/c1-13-9-15(4-5-16(13)20(29)30)18-11-26-19-17(25-7-6-21(22,23)24)10-14(3-2-8-28)12-27(18)19;1-2/h4-5,9-12,25,28H,2-3,6-8H2,1H3,(H,29,30);1-2H3. The third-order valence-electron chi connectivity index (χ3n) is 4.76. The van der Waals surface area contributed by atoms with E-state index >= 15 is 0 Å². The van der Waals surface area contributed by atoms with E-state index < -0.39 is 18.6 Å². The number of aliphatic hydroxyl groups excluding tert-OH is 1. The number of aromatic carboxylic acids is 1. The Bertz CT molecular complexity index is 1060. The molecular formula is C23H28F3N3O3. The minimum Gasteiger partial charge on any atom is -0.478 e. The van der Waals surface area contributed by atoms with E-state index in [1.807, 2.05) is 20.0 Å². The summed E-state index contributed by atoms with van der Waals surface area (Å²) in [7, 11) is 0. The number of fused-ring (bicyclic) bond motifs is 1. The van der Waals surface area contributed by atoms with Crippen LogP contribution in [0.5, 0.6) is 0 Å². The van der Waals surface area contributed by atoms with Crippen molar-refractivity contribution in [3.8, 4) is 11.3 Å². The summed E-state index contributed by atoms with van der Waals surface area (Å²) in [5.41, 5.74) is 4.00. The number of imidazole rings is 1. The Morgan fingerprint density at radius 1 is 1.22 bits per heavy atom. The average molecular weight is 451 g/mol. The van der Waals surface area contributed by atoms with Gasteiger partial charge in [-0.1, -0.05) is 19.9 Å². The Kier molecular flexibility index (Phi) is 8.65. The van der Waals surface area contributed by atoms with Crippen LogP contribution in [0.4, 0.5) is 18.9 Å². The summed E-state index contributed by atoms with van der Waals surface area (Å²) in [4.78, 5) is 15.6. The maximum absolute atomic E-state index is 12.5. The topological polar surface area (TPSA) is 86.9 Å². The van der Waals surface area contributed by atoms with E-state index in [9.17, 15) is 23.1 Å². The zero-order valence-corrected chi connectivity index (χ0v) is 18.3. The van der Waals surface area contributed by atoms with Crippen LogP contribution < -0.4 is 5.32 Å². The molecule has 3 rings (SSSR count). The quantitative estimate of drug-likeness (QED) is 0.431. The molecule has 2 aromatic heterocycles. The lowest BCUT2D eigenvalue weighted by Gasteiger charge is -2.13. The Labute approximate surface area is 184 Å². The number of nitrogens with zero attached hydrogens (tertiary/aromatic N) is 2.